The highest BCUT2D eigenvalue weighted by Gasteiger charge is 2.33. The molecule has 7 heteroatoms. The fourth-order valence-corrected chi connectivity index (χ4v) is 3.38. The Balaban J connectivity index is 1.51. The summed E-state index contributed by atoms with van der Waals surface area (Å²) in [6.07, 6.45) is 3.60. The first-order valence-corrected chi connectivity index (χ1v) is 8.27. The van der Waals surface area contributed by atoms with E-state index in [0.717, 1.165) is 30.2 Å². The molecule has 2 aliphatic heterocycles. The lowest BCUT2D eigenvalue weighted by molar-refractivity contribution is 0.188. The molecule has 0 bridgehead atoms. The molecular formula is C18H17N5O2. The molecule has 0 radical (unpaired) electrons. The summed E-state index contributed by atoms with van der Waals surface area (Å²) in [6, 6.07) is 8.59. The van der Waals surface area contributed by atoms with E-state index in [4.69, 9.17) is 9.47 Å². The van der Waals surface area contributed by atoms with Gasteiger partial charge in [0.05, 0.1) is 13.2 Å². The van der Waals surface area contributed by atoms with E-state index < -0.39 is 0 Å². The Morgan fingerprint density at radius 1 is 1.24 bits per heavy atom. The van der Waals surface area contributed by atoms with Crippen LogP contribution in [0.5, 0.6) is 5.88 Å². The monoisotopic (exact) mass is 335 g/mol. The van der Waals surface area contributed by atoms with Crippen LogP contribution in [-0.4, -0.2) is 47.2 Å². The standard InChI is InChI=1S/C18H17N5O2/c1-24-8-6-22-5-4-12-10-13(2-3-14(12)22)23-7-9-25-18-15-16(19-11-20-18)21-17(15)23/h2-5,10-11H,6-9H2,1H3. The fourth-order valence-electron chi connectivity index (χ4n) is 3.38. The lowest BCUT2D eigenvalue weighted by Crippen LogP contribution is -2.35. The highest BCUT2D eigenvalue weighted by molar-refractivity contribution is 6.20. The zero-order valence-electron chi connectivity index (χ0n) is 13.8. The number of rotatable bonds is 4. The second-order valence-corrected chi connectivity index (χ2v) is 6.06. The van der Waals surface area contributed by atoms with Crippen molar-refractivity contribution < 1.29 is 9.47 Å². The largest absolute Gasteiger partial charge is 0.475 e. The van der Waals surface area contributed by atoms with Gasteiger partial charge in [0.15, 0.2) is 11.7 Å². The van der Waals surface area contributed by atoms with Crippen molar-refractivity contribution in [2.24, 2.45) is 4.99 Å². The maximum absolute atomic E-state index is 5.76. The van der Waals surface area contributed by atoms with Gasteiger partial charge in [-0.05, 0) is 24.3 Å². The molecule has 0 fully saturated rings. The van der Waals surface area contributed by atoms with Crippen molar-refractivity contribution in [1.29, 1.82) is 0 Å². The van der Waals surface area contributed by atoms with Crippen molar-refractivity contribution in [1.82, 2.24) is 14.5 Å². The Bertz CT molecular complexity index is 994. The molecule has 0 N–H and O–H groups in total. The van der Waals surface area contributed by atoms with Gasteiger partial charge in [-0.3, -0.25) is 0 Å². The SMILES string of the molecule is COCCn1ccc2cc(N3CCOc4ncnc5c4C3=N5)ccc21. The van der Waals surface area contributed by atoms with Crippen molar-refractivity contribution in [3.8, 4) is 5.88 Å². The third-order valence-electron chi connectivity index (χ3n) is 4.64. The second-order valence-electron chi connectivity index (χ2n) is 6.06. The van der Waals surface area contributed by atoms with Crippen molar-refractivity contribution in [3.05, 3.63) is 42.4 Å². The van der Waals surface area contributed by atoms with Gasteiger partial charge in [0.1, 0.15) is 18.5 Å². The van der Waals surface area contributed by atoms with Crippen molar-refractivity contribution >= 4 is 28.2 Å². The number of nitrogens with zero attached hydrogens (tertiary/aromatic N) is 5. The first-order chi connectivity index (χ1) is 12.3. The van der Waals surface area contributed by atoms with Crippen LogP contribution in [0.3, 0.4) is 0 Å². The van der Waals surface area contributed by atoms with Crippen LogP contribution in [0.1, 0.15) is 5.56 Å². The molecular weight excluding hydrogens is 318 g/mol. The molecule has 0 unspecified atom stereocenters. The molecule has 4 heterocycles. The first kappa shape index (κ1) is 14.4. The number of benzene rings is 1. The minimum atomic E-state index is 0.565. The lowest BCUT2D eigenvalue weighted by atomic mass is 10.1. The summed E-state index contributed by atoms with van der Waals surface area (Å²) in [4.78, 5) is 15.1. The summed E-state index contributed by atoms with van der Waals surface area (Å²) < 4.78 is 13.1. The van der Waals surface area contributed by atoms with Crippen LogP contribution in [-0.2, 0) is 11.3 Å². The Morgan fingerprint density at radius 2 is 2.20 bits per heavy atom. The van der Waals surface area contributed by atoms with Crippen LogP contribution in [0.2, 0.25) is 0 Å². The smallest absolute Gasteiger partial charge is 0.230 e. The summed E-state index contributed by atoms with van der Waals surface area (Å²) in [6.45, 7) is 2.84. The van der Waals surface area contributed by atoms with E-state index in [2.05, 4.69) is 54.9 Å². The third-order valence-corrected chi connectivity index (χ3v) is 4.64. The van der Waals surface area contributed by atoms with Gasteiger partial charge in [-0.2, -0.15) is 0 Å². The summed E-state index contributed by atoms with van der Waals surface area (Å²) >= 11 is 0. The number of aromatic nitrogens is 3. The number of anilines is 1. The molecule has 3 aromatic rings. The fraction of sp³-hybridized carbons (Fsp3) is 0.278. The molecule has 126 valence electrons. The normalized spacial score (nSPS) is 15.2. The number of amidine groups is 1. The predicted molar refractivity (Wildman–Crippen MR) is 94.9 cm³/mol. The molecule has 0 saturated carbocycles. The minimum Gasteiger partial charge on any atom is -0.475 e. The van der Waals surface area contributed by atoms with Crippen LogP contribution in [0.4, 0.5) is 11.5 Å². The number of fused-ring (bicyclic) bond motifs is 1. The van der Waals surface area contributed by atoms with Crippen molar-refractivity contribution in [2.45, 2.75) is 6.54 Å². The van der Waals surface area contributed by atoms with Crippen molar-refractivity contribution in [3.63, 3.8) is 0 Å². The molecule has 2 aromatic heterocycles. The first-order valence-electron chi connectivity index (χ1n) is 8.27. The van der Waals surface area contributed by atoms with Crippen molar-refractivity contribution in [2.75, 3.05) is 31.8 Å². The molecule has 2 aliphatic rings. The van der Waals surface area contributed by atoms with Gasteiger partial charge in [0, 0.05) is 36.4 Å². The Morgan fingerprint density at radius 3 is 3.12 bits per heavy atom. The Kier molecular flexibility index (Phi) is 3.21. The van der Waals surface area contributed by atoms with Gasteiger partial charge in [0.25, 0.3) is 0 Å². The average molecular weight is 335 g/mol. The average Bonchev–Trinajstić information content (AvgIpc) is 2.92. The zero-order chi connectivity index (χ0) is 16.8. The van der Waals surface area contributed by atoms with E-state index in [-0.39, 0.29) is 0 Å². The predicted octanol–water partition coefficient (Wildman–Crippen LogP) is 2.37. The molecule has 25 heavy (non-hydrogen) atoms. The molecule has 0 atom stereocenters. The Labute approximate surface area is 144 Å². The number of hydrogen-bond acceptors (Lipinski definition) is 6. The maximum atomic E-state index is 5.76. The summed E-state index contributed by atoms with van der Waals surface area (Å²) in [5.41, 5.74) is 3.21. The van der Waals surface area contributed by atoms with Crippen LogP contribution in [0.25, 0.3) is 10.9 Å². The minimum absolute atomic E-state index is 0.565. The van der Waals surface area contributed by atoms with Gasteiger partial charge in [-0.25, -0.2) is 15.0 Å². The third kappa shape index (κ3) is 2.20. The molecule has 7 nitrogen and oxygen atoms in total. The van der Waals surface area contributed by atoms with E-state index in [0.29, 0.717) is 24.9 Å². The van der Waals surface area contributed by atoms with Gasteiger partial charge >= 0.3 is 0 Å². The highest BCUT2D eigenvalue weighted by atomic mass is 16.5. The molecule has 1 aromatic carbocycles. The van der Waals surface area contributed by atoms with Gasteiger partial charge in [0.2, 0.25) is 5.88 Å². The number of methoxy groups -OCH3 is 1. The summed E-state index contributed by atoms with van der Waals surface area (Å²) in [5.74, 6) is 2.23. The van der Waals surface area contributed by atoms with E-state index in [1.165, 1.54) is 17.2 Å². The quantitative estimate of drug-likeness (QED) is 0.732. The van der Waals surface area contributed by atoms with E-state index in [1.807, 2.05) is 0 Å². The van der Waals surface area contributed by atoms with Crippen LogP contribution >= 0.6 is 0 Å². The number of hydrogen-bond donors (Lipinski definition) is 0. The van der Waals surface area contributed by atoms with E-state index in [1.54, 1.807) is 7.11 Å². The van der Waals surface area contributed by atoms with E-state index >= 15 is 0 Å². The van der Waals surface area contributed by atoms with Crippen LogP contribution in [0.15, 0.2) is 41.8 Å². The van der Waals surface area contributed by atoms with Gasteiger partial charge in [-0.1, -0.05) is 0 Å². The molecule has 5 rings (SSSR count). The molecule has 0 spiro atoms. The number of aliphatic imine (C=N–C) groups is 1. The van der Waals surface area contributed by atoms with Gasteiger partial charge in [-0.15, -0.1) is 0 Å². The number of ether oxygens (including phenoxy) is 2. The van der Waals surface area contributed by atoms with Gasteiger partial charge < -0.3 is 18.9 Å². The molecule has 0 amide bonds. The zero-order valence-corrected chi connectivity index (χ0v) is 13.8. The second kappa shape index (κ2) is 5.56. The van der Waals surface area contributed by atoms with Crippen LogP contribution < -0.4 is 9.64 Å². The van der Waals surface area contributed by atoms with E-state index in [9.17, 15) is 0 Å². The summed E-state index contributed by atoms with van der Waals surface area (Å²) in [7, 11) is 1.72. The molecule has 0 aliphatic carbocycles. The highest BCUT2D eigenvalue weighted by Crippen LogP contribution is 2.38. The van der Waals surface area contributed by atoms with Crippen LogP contribution in [0, 0.1) is 0 Å². The Hall–Kier alpha value is -2.93. The summed E-state index contributed by atoms with van der Waals surface area (Å²) in [5, 5.41) is 1.20. The maximum Gasteiger partial charge on any atom is 0.230 e. The lowest BCUT2D eigenvalue weighted by Gasteiger charge is -2.28. The molecule has 0 saturated heterocycles. The topological polar surface area (TPSA) is 64.8 Å².